The summed E-state index contributed by atoms with van der Waals surface area (Å²) in [6.07, 6.45) is -0.0635. The molecule has 0 fully saturated rings. The standard InChI is InChI=1S/C22H20N4O3/c1-14-5-3-4-6-18(14)21-23-22(29-25-21)19-11-16-13-28-20(12-26(16)24-19)15-7-9-17(27-2)10-8-15/h3-11,20H,12-13H2,1-2H3/t20-/m0/s1. The Hall–Kier alpha value is -3.45. The van der Waals surface area contributed by atoms with Crippen LogP contribution in [-0.4, -0.2) is 27.0 Å². The van der Waals surface area contributed by atoms with E-state index in [4.69, 9.17) is 14.0 Å². The van der Waals surface area contributed by atoms with Crippen LogP contribution in [0.1, 0.15) is 22.9 Å². The molecule has 0 saturated carbocycles. The molecule has 0 bridgehead atoms. The van der Waals surface area contributed by atoms with Gasteiger partial charge in [-0.15, -0.1) is 0 Å². The third-order valence-electron chi connectivity index (χ3n) is 5.15. The number of rotatable bonds is 4. The molecule has 0 spiro atoms. The van der Waals surface area contributed by atoms with Crippen LogP contribution in [0.15, 0.2) is 59.1 Å². The van der Waals surface area contributed by atoms with Gasteiger partial charge in [-0.25, -0.2) is 0 Å². The van der Waals surface area contributed by atoms with E-state index in [0.717, 1.165) is 28.1 Å². The third kappa shape index (κ3) is 3.30. The van der Waals surface area contributed by atoms with Gasteiger partial charge < -0.3 is 14.0 Å². The van der Waals surface area contributed by atoms with Crippen LogP contribution in [0, 0.1) is 6.92 Å². The third-order valence-corrected chi connectivity index (χ3v) is 5.15. The maximum Gasteiger partial charge on any atom is 0.278 e. The minimum Gasteiger partial charge on any atom is -0.497 e. The van der Waals surface area contributed by atoms with E-state index in [1.807, 2.05) is 66.2 Å². The summed E-state index contributed by atoms with van der Waals surface area (Å²) >= 11 is 0. The minimum absolute atomic E-state index is 0.0635. The predicted octanol–water partition coefficient (Wildman–Crippen LogP) is 4.19. The van der Waals surface area contributed by atoms with Crippen molar-refractivity contribution in [2.24, 2.45) is 0 Å². The maximum atomic E-state index is 6.04. The van der Waals surface area contributed by atoms with Crippen molar-refractivity contribution in [3.8, 4) is 28.7 Å². The molecular formula is C22H20N4O3. The van der Waals surface area contributed by atoms with Crippen LogP contribution in [0.25, 0.3) is 23.0 Å². The Morgan fingerprint density at radius 3 is 2.72 bits per heavy atom. The topological polar surface area (TPSA) is 75.2 Å². The van der Waals surface area contributed by atoms with Crippen LogP contribution in [-0.2, 0) is 17.9 Å². The molecule has 3 heterocycles. The number of benzene rings is 2. The Morgan fingerprint density at radius 1 is 1.10 bits per heavy atom. The van der Waals surface area contributed by atoms with Crippen molar-refractivity contribution in [1.82, 2.24) is 19.9 Å². The lowest BCUT2D eigenvalue weighted by molar-refractivity contribution is -0.00115. The largest absolute Gasteiger partial charge is 0.497 e. The maximum absolute atomic E-state index is 6.04. The molecule has 7 heteroatoms. The summed E-state index contributed by atoms with van der Waals surface area (Å²) in [5.74, 6) is 1.80. The number of fused-ring (bicyclic) bond motifs is 1. The van der Waals surface area contributed by atoms with Crippen molar-refractivity contribution in [3.05, 3.63) is 71.4 Å². The van der Waals surface area contributed by atoms with Gasteiger partial charge in [0.05, 0.1) is 26.0 Å². The summed E-state index contributed by atoms with van der Waals surface area (Å²) in [7, 11) is 1.66. The van der Waals surface area contributed by atoms with Crippen molar-refractivity contribution in [2.75, 3.05) is 7.11 Å². The molecule has 0 amide bonds. The lowest BCUT2D eigenvalue weighted by atomic mass is 10.1. The first kappa shape index (κ1) is 17.6. The highest BCUT2D eigenvalue weighted by Crippen LogP contribution is 2.30. The van der Waals surface area contributed by atoms with E-state index in [2.05, 4.69) is 15.2 Å². The molecule has 1 aliphatic heterocycles. The average molecular weight is 388 g/mol. The van der Waals surface area contributed by atoms with Crippen LogP contribution in [0.2, 0.25) is 0 Å². The molecule has 0 N–H and O–H groups in total. The molecule has 0 radical (unpaired) electrons. The summed E-state index contributed by atoms with van der Waals surface area (Å²) in [5, 5.41) is 8.81. The summed E-state index contributed by atoms with van der Waals surface area (Å²) < 4.78 is 18.7. The summed E-state index contributed by atoms with van der Waals surface area (Å²) in [6, 6.07) is 17.8. The molecule has 1 aliphatic rings. The number of hydrogen-bond acceptors (Lipinski definition) is 6. The molecule has 2 aromatic carbocycles. The quantitative estimate of drug-likeness (QED) is 0.522. The molecular weight excluding hydrogens is 368 g/mol. The normalized spacial score (nSPS) is 15.9. The lowest BCUT2D eigenvalue weighted by Crippen LogP contribution is -2.21. The first-order chi connectivity index (χ1) is 14.2. The van der Waals surface area contributed by atoms with Crippen LogP contribution >= 0.6 is 0 Å². The monoisotopic (exact) mass is 388 g/mol. The molecule has 4 aromatic rings. The van der Waals surface area contributed by atoms with Crippen LogP contribution < -0.4 is 4.74 Å². The van der Waals surface area contributed by atoms with Gasteiger partial charge in [0.2, 0.25) is 5.82 Å². The van der Waals surface area contributed by atoms with Gasteiger partial charge in [-0.3, -0.25) is 4.68 Å². The number of aryl methyl sites for hydroxylation is 1. The van der Waals surface area contributed by atoms with Gasteiger partial charge >= 0.3 is 0 Å². The van der Waals surface area contributed by atoms with E-state index in [1.165, 1.54) is 0 Å². The van der Waals surface area contributed by atoms with Crippen LogP contribution in [0.3, 0.4) is 0 Å². The van der Waals surface area contributed by atoms with E-state index in [9.17, 15) is 0 Å². The summed E-state index contributed by atoms with van der Waals surface area (Å²) in [6.45, 7) is 3.13. The Balaban J connectivity index is 1.39. The smallest absolute Gasteiger partial charge is 0.278 e. The molecule has 0 saturated heterocycles. The lowest BCUT2D eigenvalue weighted by Gasteiger charge is -2.24. The molecule has 7 nitrogen and oxygen atoms in total. The number of nitrogens with zero attached hydrogens (tertiary/aromatic N) is 4. The number of ether oxygens (including phenoxy) is 2. The van der Waals surface area contributed by atoms with E-state index >= 15 is 0 Å². The minimum atomic E-state index is -0.0635. The summed E-state index contributed by atoms with van der Waals surface area (Å²) in [4.78, 5) is 4.54. The fourth-order valence-corrected chi connectivity index (χ4v) is 3.51. The zero-order valence-electron chi connectivity index (χ0n) is 16.2. The van der Waals surface area contributed by atoms with Gasteiger partial charge in [-0.2, -0.15) is 10.1 Å². The molecule has 29 heavy (non-hydrogen) atoms. The van der Waals surface area contributed by atoms with E-state index in [-0.39, 0.29) is 6.10 Å². The second kappa shape index (κ2) is 7.18. The highest BCUT2D eigenvalue weighted by atomic mass is 16.5. The second-order valence-corrected chi connectivity index (χ2v) is 7.01. The van der Waals surface area contributed by atoms with Gasteiger partial charge in [-0.1, -0.05) is 41.6 Å². The van der Waals surface area contributed by atoms with Crippen LogP contribution in [0.5, 0.6) is 5.75 Å². The van der Waals surface area contributed by atoms with Gasteiger partial charge in [0.1, 0.15) is 11.9 Å². The molecule has 2 aromatic heterocycles. The van der Waals surface area contributed by atoms with Gasteiger partial charge in [0, 0.05) is 5.56 Å². The second-order valence-electron chi connectivity index (χ2n) is 7.01. The zero-order chi connectivity index (χ0) is 19.8. The van der Waals surface area contributed by atoms with Gasteiger partial charge in [0.15, 0.2) is 5.69 Å². The number of methoxy groups -OCH3 is 1. The first-order valence-electron chi connectivity index (χ1n) is 9.43. The number of hydrogen-bond donors (Lipinski definition) is 0. The van der Waals surface area contributed by atoms with Crippen molar-refractivity contribution in [1.29, 1.82) is 0 Å². The highest BCUT2D eigenvalue weighted by molar-refractivity contribution is 5.61. The SMILES string of the molecule is COc1ccc([C@@H]2Cn3nc(-c4nc(-c5ccccc5C)no4)cc3CO2)cc1. The van der Waals surface area contributed by atoms with Crippen molar-refractivity contribution < 1.29 is 14.0 Å². The highest BCUT2D eigenvalue weighted by Gasteiger charge is 2.24. The van der Waals surface area contributed by atoms with Crippen LogP contribution in [0.4, 0.5) is 0 Å². The van der Waals surface area contributed by atoms with Crippen molar-refractivity contribution in [2.45, 2.75) is 26.2 Å². The van der Waals surface area contributed by atoms with E-state index < -0.39 is 0 Å². The molecule has 1 atom stereocenters. The number of aromatic nitrogens is 4. The first-order valence-corrected chi connectivity index (χ1v) is 9.43. The van der Waals surface area contributed by atoms with E-state index in [0.29, 0.717) is 30.6 Å². The molecule has 5 rings (SSSR count). The van der Waals surface area contributed by atoms with Crippen molar-refractivity contribution >= 4 is 0 Å². The average Bonchev–Trinajstić information content (AvgIpc) is 3.40. The molecule has 146 valence electrons. The van der Waals surface area contributed by atoms with Crippen molar-refractivity contribution in [3.63, 3.8) is 0 Å². The fourth-order valence-electron chi connectivity index (χ4n) is 3.51. The molecule has 0 aliphatic carbocycles. The van der Waals surface area contributed by atoms with E-state index in [1.54, 1.807) is 7.11 Å². The van der Waals surface area contributed by atoms with Gasteiger partial charge in [-0.05, 0) is 36.2 Å². The fraction of sp³-hybridized carbons (Fsp3) is 0.227. The Kier molecular flexibility index (Phi) is 4.37. The Labute approximate surface area is 167 Å². The predicted molar refractivity (Wildman–Crippen MR) is 106 cm³/mol. The zero-order valence-corrected chi connectivity index (χ0v) is 16.2. The van der Waals surface area contributed by atoms with Gasteiger partial charge in [0.25, 0.3) is 5.89 Å². The molecule has 0 unspecified atom stereocenters. The Bertz CT molecular complexity index is 1150. The Morgan fingerprint density at radius 2 is 1.93 bits per heavy atom. The summed E-state index contributed by atoms with van der Waals surface area (Å²) in [5.41, 5.74) is 4.79.